The van der Waals surface area contributed by atoms with Gasteiger partial charge in [-0.3, -0.25) is 9.59 Å². The van der Waals surface area contributed by atoms with Gasteiger partial charge in [0, 0.05) is 29.6 Å². The minimum Gasteiger partial charge on any atom is -0.497 e. The lowest BCUT2D eigenvalue weighted by Gasteiger charge is -2.53. The largest absolute Gasteiger partial charge is 0.497 e. The van der Waals surface area contributed by atoms with E-state index in [1.165, 1.54) is 5.56 Å². The highest BCUT2D eigenvalue weighted by atomic mass is 16.7. The van der Waals surface area contributed by atoms with Crippen LogP contribution in [0.25, 0.3) is 0 Å². The monoisotopic (exact) mass is 460 g/mol. The molecule has 1 heterocycles. The molecule has 3 saturated carbocycles. The van der Waals surface area contributed by atoms with Crippen LogP contribution in [-0.2, 0) is 24.5 Å². The van der Waals surface area contributed by atoms with Crippen molar-refractivity contribution in [3.05, 3.63) is 54.1 Å². The van der Waals surface area contributed by atoms with Crippen LogP contribution in [0, 0.1) is 34.5 Å². The molecule has 1 aliphatic heterocycles. The number of rotatable bonds is 2. The lowest BCUT2D eigenvalue weighted by atomic mass is 9.50. The Morgan fingerprint density at radius 2 is 1.71 bits per heavy atom. The molecule has 1 aromatic rings. The van der Waals surface area contributed by atoms with Gasteiger partial charge in [-0.25, -0.2) is 0 Å². The summed E-state index contributed by atoms with van der Waals surface area (Å²) in [4.78, 5) is 27.9. The van der Waals surface area contributed by atoms with Gasteiger partial charge in [-0.1, -0.05) is 44.1 Å². The summed E-state index contributed by atoms with van der Waals surface area (Å²) in [5.74, 6) is -0.442. The molecule has 4 fully saturated rings. The number of Topliss-reactive ketones (excluding diaryl/α,β-unsaturated/α-hetero) is 1. The highest BCUT2D eigenvalue weighted by Gasteiger charge is 2.80. The second-order valence-corrected chi connectivity index (χ2v) is 11.5. The molecule has 7 rings (SSSR count). The quantitative estimate of drug-likeness (QED) is 0.612. The van der Waals surface area contributed by atoms with E-state index in [0.29, 0.717) is 19.6 Å². The lowest BCUT2D eigenvalue weighted by Crippen LogP contribution is -2.58. The molecule has 0 aromatic heterocycles. The molecular formula is C29H32O5. The summed E-state index contributed by atoms with van der Waals surface area (Å²) in [7, 11) is 1.68. The molecule has 6 aliphatic rings. The average molecular weight is 461 g/mol. The molecule has 178 valence electrons. The smallest absolute Gasteiger partial charge is 0.192 e. The highest BCUT2D eigenvalue weighted by molar-refractivity contribution is 5.98. The van der Waals surface area contributed by atoms with E-state index < -0.39 is 11.2 Å². The van der Waals surface area contributed by atoms with Gasteiger partial charge in [0.2, 0.25) is 0 Å². The van der Waals surface area contributed by atoms with E-state index in [4.69, 9.17) is 14.2 Å². The second-order valence-electron chi connectivity index (χ2n) is 11.5. The van der Waals surface area contributed by atoms with Gasteiger partial charge in [0.15, 0.2) is 11.6 Å². The van der Waals surface area contributed by atoms with Crippen LogP contribution in [0.4, 0.5) is 0 Å². The van der Waals surface area contributed by atoms with Crippen molar-refractivity contribution in [2.75, 3.05) is 20.3 Å². The second kappa shape index (κ2) is 6.70. The predicted molar refractivity (Wildman–Crippen MR) is 125 cm³/mol. The fraction of sp³-hybridized carbons (Fsp3) is 0.586. The van der Waals surface area contributed by atoms with Crippen molar-refractivity contribution in [1.29, 1.82) is 0 Å². The number of fused-ring (bicyclic) bond motifs is 5. The SMILES string of the molecule is COc1ccc([C@]23C=C[C@@]4(CCCC[C@]24C)[C@H]2[C@@H]4C(=O)C=CC5(OCCO5)[C@@H]4CC(=O)[C@H]23)cc1. The van der Waals surface area contributed by atoms with E-state index in [-0.39, 0.29) is 46.1 Å². The molecule has 5 heteroatoms. The van der Waals surface area contributed by atoms with Crippen molar-refractivity contribution in [1.82, 2.24) is 0 Å². The Hall–Kier alpha value is -2.24. The Bertz CT molecular complexity index is 1130. The van der Waals surface area contributed by atoms with Crippen molar-refractivity contribution in [2.45, 2.75) is 50.2 Å². The Labute approximate surface area is 200 Å². The summed E-state index contributed by atoms with van der Waals surface area (Å²) in [5, 5.41) is 0. The minimum atomic E-state index is -0.931. The van der Waals surface area contributed by atoms with E-state index in [2.05, 4.69) is 31.2 Å². The van der Waals surface area contributed by atoms with Crippen molar-refractivity contribution >= 4 is 11.6 Å². The molecule has 1 saturated heterocycles. The third-order valence-electron chi connectivity index (χ3n) is 10.8. The first kappa shape index (κ1) is 21.1. The number of ketones is 2. The molecule has 0 unspecified atom stereocenters. The topological polar surface area (TPSA) is 61.8 Å². The number of carbonyl (C=O) groups excluding carboxylic acids is 2. The predicted octanol–water partition coefficient (Wildman–Crippen LogP) is 4.40. The molecule has 7 atom stereocenters. The maximum atomic E-state index is 14.2. The van der Waals surface area contributed by atoms with Crippen molar-refractivity contribution in [3.8, 4) is 5.75 Å². The highest BCUT2D eigenvalue weighted by Crippen LogP contribution is 2.81. The van der Waals surface area contributed by atoms with Crippen LogP contribution in [0.2, 0.25) is 0 Å². The van der Waals surface area contributed by atoms with Gasteiger partial charge in [-0.05, 0) is 59.4 Å². The Kier molecular flexibility index (Phi) is 4.15. The molecule has 1 spiro atoms. The first-order valence-corrected chi connectivity index (χ1v) is 12.8. The van der Waals surface area contributed by atoms with Crippen LogP contribution in [0.1, 0.15) is 44.6 Å². The summed E-state index contributed by atoms with van der Waals surface area (Å²) in [5.41, 5.74) is 0.490. The van der Waals surface area contributed by atoms with E-state index in [9.17, 15) is 9.59 Å². The number of benzene rings is 1. The summed E-state index contributed by atoms with van der Waals surface area (Å²) in [6.07, 6.45) is 13.0. The van der Waals surface area contributed by atoms with E-state index >= 15 is 0 Å². The van der Waals surface area contributed by atoms with Gasteiger partial charge in [-0.15, -0.1) is 0 Å². The molecule has 2 bridgehead atoms. The number of allylic oxidation sites excluding steroid dienone is 3. The standard InChI is InChI=1S/C29H32O5/c1-26-10-3-4-11-27(26)13-14-28(26,18-5-7-19(32-2)8-6-18)24-22(31)17-20-23(25(24)27)21(30)9-12-29(20)33-15-16-34-29/h5-9,12-14,20,23-25H,3-4,10-11,15-17H2,1-2H3/t20-,23+,24-,25+,26+,27+,28+/m1/s1. The number of hydrogen-bond donors (Lipinski definition) is 0. The number of ether oxygens (including phenoxy) is 3. The van der Waals surface area contributed by atoms with Gasteiger partial charge in [-0.2, -0.15) is 0 Å². The van der Waals surface area contributed by atoms with Gasteiger partial charge >= 0.3 is 0 Å². The zero-order chi connectivity index (χ0) is 23.3. The third-order valence-corrected chi connectivity index (χ3v) is 10.8. The van der Waals surface area contributed by atoms with Gasteiger partial charge in [0.25, 0.3) is 0 Å². The molecule has 1 aromatic carbocycles. The fourth-order valence-corrected chi connectivity index (χ4v) is 9.52. The number of carbonyl (C=O) groups is 2. The summed E-state index contributed by atoms with van der Waals surface area (Å²) < 4.78 is 17.7. The molecule has 5 aliphatic carbocycles. The first-order valence-electron chi connectivity index (χ1n) is 12.8. The van der Waals surface area contributed by atoms with Crippen LogP contribution in [0.5, 0.6) is 5.75 Å². The summed E-state index contributed by atoms with van der Waals surface area (Å²) in [6, 6.07) is 8.32. The van der Waals surface area contributed by atoms with Crippen molar-refractivity contribution < 1.29 is 23.8 Å². The van der Waals surface area contributed by atoms with Crippen LogP contribution in [-0.4, -0.2) is 37.7 Å². The van der Waals surface area contributed by atoms with Gasteiger partial charge < -0.3 is 14.2 Å². The summed E-state index contributed by atoms with van der Waals surface area (Å²) >= 11 is 0. The van der Waals surface area contributed by atoms with Gasteiger partial charge in [0.05, 0.1) is 20.3 Å². The van der Waals surface area contributed by atoms with Crippen LogP contribution >= 0.6 is 0 Å². The maximum Gasteiger partial charge on any atom is 0.192 e. The number of hydrogen-bond acceptors (Lipinski definition) is 5. The van der Waals surface area contributed by atoms with Crippen LogP contribution in [0.3, 0.4) is 0 Å². The molecule has 0 N–H and O–H groups in total. The van der Waals surface area contributed by atoms with E-state index in [1.807, 2.05) is 12.1 Å². The molecule has 0 amide bonds. The Morgan fingerprint density at radius 3 is 2.44 bits per heavy atom. The fourth-order valence-electron chi connectivity index (χ4n) is 9.52. The first-order chi connectivity index (χ1) is 16.4. The van der Waals surface area contributed by atoms with Crippen molar-refractivity contribution in [3.63, 3.8) is 0 Å². The minimum absolute atomic E-state index is 0.0294. The van der Waals surface area contributed by atoms with Gasteiger partial charge in [0.1, 0.15) is 11.5 Å². The van der Waals surface area contributed by atoms with E-state index in [0.717, 1.165) is 31.4 Å². The average Bonchev–Trinajstić information content (AvgIpc) is 3.49. The Balaban J connectivity index is 1.45. The molecule has 0 radical (unpaired) electrons. The normalized spacial score (nSPS) is 45.4. The van der Waals surface area contributed by atoms with E-state index in [1.54, 1.807) is 19.3 Å². The van der Waals surface area contributed by atoms with Crippen LogP contribution < -0.4 is 4.74 Å². The summed E-state index contributed by atoms with van der Waals surface area (Å²) in [6.45, 7) is 3.41. The van der Waals surface area contributed by atoms with Crippen molar-refractivity contribution in [2.24, 2.45) is 34.5 Å². The van der Waals surface area contributed by atoms with Crippen LogP contribution in [0.15, 0.2) is 48.6 Å². The zero-order valence-corrected chi connectivity index (χ0v) is 19.9. The Morgan fingerprint density at radius 1 is 0.971 bits per heavy atom. The lowest BCUT2D eigenvalue weighted by molar-refractivity contribution is -0.199. The zero-order valence-electron chi connectivity index (χ0n) is 19.9. The maximum absolute atomic E-state index is 14.2. The molecule has 5 nitrogen and oxygen atoms in total. The number of methoxy groups -OCH3 is 1. The third kappa shape index (κ3) is 2.16. The molecule has 34 heavy (non-hydrogen) atoms. The molecular weight excluding hydrogens is 428 g/mol.